The molecule has 0 aliphatic carbocycles. The van der Waals surface area contributed by atoms with Gasteiger partial charge in [-0.15, -0.1) is 0 Å². The van der Waals surface area contributed by atoms with Crippen LogP contribution in [0.3, 0.4) is 0 Å². The van der Waals surface area contributed by atoms with Crippen molar-refractivity contribution in [2.24, 2.45) is 0 Å². The van der Waals surface area contributed by atoms with Crippen LogP contribution >= 0.6 is 23.2 Å². The highest BCUT2D eigenvalue weighted by molar-refractivity contribution is 6.44. The lowest BCUT2D eigenvalue weighted by atomic mass is 9.98. The fourth-order valence-corrected chi connectivity index (χ4v) is 3.52. The lowest BCUT2D eigenvalue weighted by Gasteiger charge is -2.30. The predicted octanol–water partition coefficient (Wildman–Crippen LogP) is 4.19. The fraction of sp³-hybridized carbons (Fsp3) is 0.556. The first-order chi connectivity index (χ1) is 12.0. The summed E-state index contributed by atoms with van der Waals surface area (Å²) in [4.78, 5) is 26.7. The van der Waals surface area contributed by atoms with Crippen LogP contribution in [0.1, 0.15) is 44.6 Å². The van der Waals surface area contributed by atoms with Crippen molar-refractivity contribution in [3.05, 3.63) is 27.7 Å². The van der Waals surface area contributed by atoms with Crippen LogP contribution in [0.4, 0.5) is 5.69 Å². The van der Waals surface area contributed by atoms with E-state index in [-0.39, 0.29) is 18.2 Å². The zero-order chi connectivity index (χ0) is 18.4. The zero-order valence-corrected chi connectivity index (χ0v) is 16.0. The molecule has 1 fully saturated rings. The molecule has 0 aromatic heterocycles. The molecule has 1 aromatic carbocycles. The van der Waals surface area contributed by atoms with Gasteiger partial charge in [-0.25, -0.2) is 0 Å². The Morgan fingerprint density at radius 1 is 1.00 bits per heavy atom. The molecule has 0 atom stereocenters. The Hall–Kier alpha value is -1.46. The van der Waals surface area contributed by atoms with E-state index in [2.05, 4.69) is 4.90 Å². The van der Waals surface area contributed by atoms with Gasteiger partial charge in [-0.1, -0.05) is 29.3 Å². The van der Waals surface area contributed by atoms with Crippen LogP contribution in [0.5, 0.6) is 0 Å². The van der Waals surface area contributed by atoms with Crippen molar-refractivity contribution >= 4 is 40.8 Å². The molecule has 0 spiro atoms. The van der Waals surface area contributed by atoms with Crippen molar-refractivity contribution in [1.82, 2.24) is 0 Å². The van der Waals surface area contributed by atoms with Crippen LogP contribution in [0.25, 0.3) is 0 Å². The second-order valence-electron chi connectivity index (χ2n) is 5.79. The van der Waals surface area contributed by atoms with Crippen LogP contribution in [0.15, 0.2) is 12.1 Å². The van der Waals surface area contributed by atoms with E-state index in [1.807, 2.05) is 0 Å². The number of carbonyl (C=O) groups is 2. The maximum Gasteiger partial charge on any atom is 0.324 e. The second-order valence-corrected chi connectivity index (χ2v) is 6.54. The van der Waals surface area contributed by atoms with Gasteiger partial charge in [-0.2, -0.15) is 0 Å². The minimum Gasteiger partial charge on any atom is -0.465 e. The summed E-state index contributed by atoms with van der Waals surface area (Å²) in [6, 6.07) is 3.47. The molecule has 25 heavy (non-hydrogen) atoms. The fourth-order valence-electron chi connectivity index (χ4n) is 2.96. The van der Waals surface area contributed by atoms with Crippen LogP contribution in [0.2, 0.25) is 10.0 Å². The summed E-state index contributed by atoms with van der Waals surface area (Å²) < 4.78 is 10.0. The molecule has 0 radical (unpaired) electrons. The van der Waals surface area contributed by atoms with Gasteiger partial charge < -0.3 is 14.4 Å². The molecule has 1 heterocycles. The van der Waals surface area contributed by atoms with E-state index in [1.54, 1.807) is 26.0 Å². The van der Waals surface area contributed by atoms with E-state index >= 15 is 0 Å². The van der Waals surface area contributed by atoms with Gasteiger partial charge in [0, 0.05) is 13.1 Å². The molecule has 1 saturated heterocycles. The van der Waals surface area contributed by atoms with Crippen LogP contribution in [-0.2, 0) is 19.1 Å². The van der Waals surface area contributed by atoms with Gasteiger partial charge >= 0.3 is 11.9 Å². The average molecular weight is 388 g/mol. The van der Waals surface area contributed by atoms with Gasteiger partial charge in [0.1, 0.15) is 0 Å². The Morgan fingerprint density at radius 2 is 1.56 bits per heavy atom. The topological polar surface area (TPSA) is 55.8 Å². The number of ether oxygens (including phenoxy) is 2. The van der Waals surface area contributed by atoms with Gasteiger partial charge in [-0.05, 0) is 44.7 Å². The predicted molar refractivity (Wildman–Crippen MR) is 98.5 cm³/mol. The molecule has 1 aromatic rings. The molecule has 5 nitrogen and oxygen atoms in total. The molecular formula is C18H23Cl2NO4. The minimum absolute atomic E-state index is 0.159. The van der Waals surface area contributed by atoms with E-state index in [0.717, 1.165) is 31.6 Å². The van der Waals surface area contributed by atoms with Gasteiger partial charge in [-0.3, -0.25) is 9.59 Å². The lowest BCUT2D eigenvalue weighted by molar-refractivity contribution is -0.156. The summed E-state index contributed by atoms with van der Waals surface area (Å²) in [7, 11) is 0. The number of piperidine rings is 1. The Labute approximate surface area is 158 Å². The molecule has 1 aliphatic rings. The highest BCUT2D eigenvalue weighted by Crippen LogP contribution is 2.39. The Kier molecular flexibility index (Phi) is 7.38. The number of esters is 2. The summed E-state index contributed by atoms with van der Waals surface area (Å²) in [5.41, 5.74) is 1.13. The van der Waals surface area contributed by atoms with E-state index in [9.17, 15) is 9.59 Å². The maximum absolute atomic E-state index is 12.3. The third kappa shape index (κ3) is 4.59. The Balaban J connectivity index is 2.38. The third-order valence-electron chi connectivity index (χ3n) is 4.14. The van der Waals surface area contributed by atoms with Crippen molar-refractivity contribution in [3.63, 3.8) is 0 Å². The van der Waals surface area contributed by atoms with Crippen molar-refractivity contribution < 1.29 is 19.1 Å². The maximum atomic E-state index is 12.3. The zero-order valence-electron chi connectivity index (χ0n) is 14.5. The lowest BCUT2D eigenvalue weighted by Crippen LogP contribution is -2.30. The minimum atomic E-state index is -1.24. The summed E-state index contributed by atoms with van der Waals surface area (Å²) in [5.74, 6) is -2.62. The number of carbonyl (C=O) groups excluding carboxylic acids is 2. The van der Waals surface area contributed by atoms with Crippen LogP contribution in [0, 0.1) is 0 Å². The average Bonchev–Trinajstić information content (AvgIpc) is 2.60. The van der Waals surface area contributed by atoms with Crippen molar-refractivity contribution in [1.29, 1.82) is 0 Å². The molecule has 7 heteroatoms. The molecule has 2 rings (SSSR count). The van der Waals surface area contributed by atoms with Crippen LogP contribution < -0.4 is 4.90 Å². The second kappa shape index (κ2) is 9.30. The number of halogens is 2. The largest absolute Gasteiger partial charge is 0.465 e. The summed E-state index contributed by atoms with van der Waals surface area (Å²) in [6.07, 6.45) is 3.40. The molecule has 138 valence electrons. The number of rotatable bonds is 6. The van der Waals surface area contributed by atoms with E-state index in [1.165, 1.54) is 6.42 Å². The number of hydrogen-bond donors (Lipinski definition) is 0. The number of nitrogens with zero attached hydrogens (tertiary/aromatic N) is 1. The highest BCUT2D eigenvalue weighted by atomic mass is 35.5. The first-order valence-corrected chi connectivity index (χ1v) is 9.32. The summed E-state index contributed by atoms with van der Waals surface area (Å²) >= 11 is 12.9. The summed E-state index contributed by atoms with van der Waals surface area (Å²) in [6.45, 7) is 5.49. The van der Waals surface area contributed by atoms with Crippen molar-refractivity contribution in [3.8, 4) is 0 Å². The van der Waals surface area contributed by atoms with Gasteiger partial charge in [0.05, 0.1) is 28.9 Å². The third-order valence-corrected chi connectivity index (χ3v) is 5.03. The van der Waals surface area contributed by atoms with E-state index in [4.69, 9.17) is 32.7 Å². The van der Waals surface area contributed by atoms with E-state index in [0.29, 0.717) is 10.6 Å². The molecule has 0 unspecified atom stereocenters. The molecule has 0 saturated carbocycles. The molecule has 0 N–H and O–H groups in total. The number of anilines is 1. The highest BCUT2D eigenvalue weighted by Gasteiger charge is 2.34. The number of hydrogen-bond acceptors (Lipinski definition) is 5. The summed E-state index contributed by atoms with van der Waals surface area (Å²) in [5, 5.41) is 0.538. The Bertz CT molecular complexity index is 612. The van der Waals surface area contributed by atoms with E-state index < -0.39 is 17.9 Å². The molecular weight excluding hydrogens is 365 g/mol. The van der Waals surface area contributed by atoms with Gasteiger partial charge in [0.15, 0.2) is 5.92 Å². The molecule has 0 bridgehead atoms. The smallest absolute Gasteiger partial charge is 0.324 e. The SMILES string of the molecule is CCOC(=O)C(C(=O)OCC)c1ccc(N2CCCCC2)c(Cl)c1Cl. The monoisotopic (exact) mass is 387 g/mol. The number of benzene rings is 1. The molecule has 0 amide bonds. The Morgan fingerprint density at radius 3 is 2.08 bits per heavy atom. The molecule has 1 aliphatic heterocycles. The first-order valence-electron chi connectivity index (χ1n) is 8.57. The van der Waals surface area contributed by atoms with Crippen molar-refractivity contribution in [2.45, 2.75) is 39.0 Å². The standard InChI is InChI=1S/C18H23Cl2NO4/c1-3-24-17(22)14(18(23)25-4-2)12-8-9-13(16(20)15(12)19)21-10-6-5-7-11-21/h8-9,14H,3-7,10-11H2,1-2H3. The normalized spacial score (nSPS) is 14.5. The van der Waals surface area contributed by atoms with Gasteiger partial charge in [0.2, 0.25) is 0 Å². The quantitative estimate of drug-likeness (QED) is 0.540. The van der Waals surface area contributed by atoms with Gasteiger partial charge in [0.25, 0.3) is 0 Å². The first kappa shape index (κ1) is 19.9. The van der Waals surface area contributed by atoms with Crippen molar-refractivity contribution in [2.75, 3.05) is 31.2 Å². The van der Waals surface area contributed by atoms with Crippen LogP contribution in [-0.4, -0.2) is 38.2 Å².